The van der Waals surface area contributed by atoms with Crippen molar-refractivity contribution < 1.29 is 32.9 Å². The van der Waals surface area contributed by atoms with Gasteiger partial charge in [0.15, 0.2) is 0 Å². The zero-order valence-electron chi connectivity index (χ0n) is 10.6. The average Bonchev–Trinajstić information content (AvgIpc) is 2.37. The number of rotatable bonds is 5. The molecule has 8 heteroatoms. The Balaban J connectivity index is 2.81. The van der Waals surface area contributed by atoms with E-state index in [4.69, 9.17) is 0 Å². The first kappa shape index (κ1) is 16.4. The zero-order valence-corrected chi connectivity index (χ0v) is 10.6. The van der Waals surface area contributed by atoms with Crippen molar-refractivity contribution in [3.05, 3.63) is 29.6 Å². The molecule has 0 aliphatic heterocycles. The Bertz CT molecular complexity index is 464. The summed E-state index contributed by atoms with van der Waals surface area (Å²) in [6.07, 6.45) is -7.54. The molecule has 2 unspecified atom stereocenters. The maximum Gasteiger partial charge on any atom is 0.416 e. The molecule has 1 aromatic rings. The van der Waals surface area contributed by atoms with Gasteiger partial charge in [-0.3, -0.25) is 9.78 Å². The number of aromatic nitrogens is 1. The van der Waals surface area contributed by atoms with Crippen LogP contribution in [0.4, 0.5) is 13.2 Å². The summed E-state index contributed by atoms with van der Waals surface area (Å²) in [5.41, 5.74) is -1.36. The number of hydrogen-bond acceptors (Lipinski definition) is 5. The Morgan fingerprint density at radius 2 is 2.10 bits per heavy atom. The Hall–Kier alpha value is -1.67. The van der Waals surface area contributed by atoms with E-state index >= 15 is 0 Å². The number of halogens is 3. The maximum atomic E-state index is 12.5. The summed E-state index contributed by atoms with van der Waals surface area (Å²) in [5.74, 6) is -0.758. The van der Waals surface area contributed by atoms with Gasteiger partial charge in [0.05, 0.1) is 30.4 Å². The van der Waals surface area contributed by atoms with Crippen molar-refractivity contribution in [2.24, 2.45) is 0 Å². The summed E-state index contributed by atoms with van der Waals surface area (Å²) in [7, 11) is 0. The number of carbonyl (C=O) groups is 1. The largest absolute Gasteiger partial charge is 0.466 e. The molecule has 112 valence electrons. The number of hydrogen-bond donors (Lipinski definition) is 2. The maximum absolute atomic E-state index is 12.5. The highest BCUT2D eigenvalue weighted by atomic mass is 19.4. The van der Waals surface area contributed by atoms with Crippen LogP contribution in [0.3, 0.4) is 0 Å². The summed E-state index contributed by atoms with van der Waals surface area (Å²) in [6, 6.07) is 1.37. The number of esters is 1. The van der Waals surface area contributed by atoms with E-state index in [1.54, 1.807) is 6.92 Å². The van der Waals surface area contributed by atoms with Gasteiger partial charge in [0.25, 0.3) is 0 Å². The summed E-state index contributed by atoms with van der Waals surface area (Å²) < 4.78 is 42.1. The third kappa shape index (κ3) is 4.46. The van der Waals surface area contributed by atoms with Gasteiger partial charge in [0, 0.05) is 6.20 Å². The number of carbonyl (C=O) groups excluding carboxylic acids is 1. The molecule has 0 fully saturated rings. The summed E-state index contributed by atoms with van der Waals surface area (Å²) >= 11 is 0. The Morgan fingerprint density at radius 3 is 2.65 bits per heavy atom. The fourth-order valence-electron chi connectivity index (χ4n) is 1.49. The van der Waals surface area contributed by atoms with Crippen LogP contribution in [0.5, 0.6) is 0 Å². The monoisotopic (exact) mass is 293 g/mol. The summed E-state index contributed by atoms with van der Waals surface area (Å²) in [6.45, 7) is 1.67. The molecule has 0 saturated heterocycles. The summed E-state index contributed by atoms with van der Waals surface area (Å²) in [4.78, 5) is 14.7. The highest BCUT2D eigenvalue weighted by Gasteiger charge is 2.32. The lowest BCUT2D eigenvalue weighted by molar-refractivity contribution is -0.147. The van der Waals surface area contributed by atoms with Gasteiger partial charge in [-0.05, 0) is 19.1 Å². The molecule has 20 heavy (non-hydrogen) atoms. The second-order valence-electron chi connectivity index (χ2n) is 3.99. The minimum Gasteiger partial charge on any atom is -0.466 e. The minimum atomic E-state index is -4.58. The lowest BCUT2D eigenvalue weighted by Gasteiger charge is -2.17. The Labute approximate surface area is 113 Å². The molecule has 0 bridgehead atoms. The molecule has 1 heterocycles. The third-order valence-corrected chi connectivity index (χ3v) is 2.46. The Kier molecular flexibility index (Phi) is 5.46. The molecule has 0 aromatic carbocycles. The van der Waals surface area contributed by atoms with Crippen molar-refractivity contribution in [3.8, 4) is 0 Å². The topological polar surface area (TPSA) is 79.7 Å². The van der Waals surface area contributed by atoms with Crippen molar-refractivity contribution in [1.29, 1.82) is 0 Å². The minimum absolute atomic E-state index is 0.101. The van der Waals surface area contributed by atoms with Crippen molar-refractivity contribution in [2.45, 2.75) is 31.7 Å². The number of nitrogens with zero attached hydrogens (tertiary/aromatic N) is 1. The van der Waals surface area contributed by atoms with E-state index in [9.17, 15) is 28.2 Å². The van der Waals surface area contributed by atoms with E-state index in [-0.39, 0.29) is 12.3 Å². The van der Waals surface area contributed by atoms with Gasteiger partial charge in [0.1, 0.15) is 6.10 Å². The molecule has 1 rings (SSSR count). The molecule has 5 nitrogen and oxygen atoms in total. The highest BCUT2D eigenvalue weighted by Crippen LogP contribution is 2.30. The van der Waals surface area contributed by atoms with Crippen LogP contribution in [0.1, 0.15) is 30.7 Å². The molecule has 0 aliphatic carbocycles. The standard InChI is InChI=1S/C12H14F3NO4/c1-2-20-10(18)6-9(17)11(19)8-5-7(3-4-16-8)12(13,14)15/h3-5,9,11,17,19H,2,6H2,1H3. The number of aliphatic hydroxyl groups excluding tert-OH is 2. The quantitative estimate of drug-likeness (QED) is 0.803. The SMILES string of the molecule is CCOC(=O)CC(O)C(O)c1cc(C(F)(F)F)ccn1. The fourth-order valence-corrected chi connectivity index (χ4v) is 1.49. The first-order valence-corrected chi connectivity index (χ1v) is 5.80. The van der Waals surface area contributed by atoms with Crippen LogP contribution in [0.25, 0.3) is 0 Å². The van der Waals surface area contributed by atoms with Crippen molar-refractivity contribution in [1.82, 2.24) is 4.98 Å². The highest BCUT2D eigenvalue weighted by molar-refractivity contribution is 5.70. The number of aliphatic hydroxyl groups is 2. The zero-order chi connectivity index (χ0) is 15.3. The molecule has 1 aromatic heterocycles. The van der Waals surface area contributed by atoms with Crippen LogP contribution < -0.4 is 0 Å². The molecule has 2 atom stereocenters. The number of alkyl halides is 3. The van der Waals surface area contributed by atoms with Crippen LogP contribution in [0.15, 0.2) is 18.3 Å². The first-order valence-electron chi connectivity index (χ1n) is 5.80. The molecule has 0 aliphatic rings. The number of ether oxygens (including phenoxy) is 1. The molecule has 0 spiro atoms. The van der Waals surface area contributed by atoms with Crippen molar-refractivity contribution in [2.75, 3.05) is 6.61 Å². The van der Waals surface area contributed by atoms with Gasteiger partial charge in [-0.25, -0.2) is 0 Å². The van der Waals surface area contributed by atoms with Crippen LogP contribution in [0, 0.1) is 0 Å². The van der Waals surface area contributed by atoms with E-state index in [0.717, 1.165) is 12.3 Å². The predicted octanol–water partition coefficient (Wildman–Crippen LogP) is 1.45. The fraction of sp³-hybridized carbons (Fsp3) is 0.500. The van der Waals surface area contributed by atoms with Crippen molar-refractivity contribution >= 4 is 5.97 Å². The predicted molar refractivity (Wildman–Crippen MR) is 61.5 cm³/mol. The average molecular weight is 293 g/mol. The second-order valence-corrected chi connectivity index (χ2v) is 3.99. The normalized spacial score (nSPS) is 14.7. The lowest BCUT2D eigenvalue weighted by atomic mass is 10.1. The van der Waals surface area contributed by atoms with Crippen LogP contribution in [0.2, 0.25) is 0 Å². The van der Waals surface area contributed by atoms with Gasteiger partial charge in [-0.15, -0.1) is 0 Å². The van der Waals surface area contributed by atoms with E-state index in [0.29, 0.717) is 6.07 Å². The molecule has 0 amide bonds. The van der Waals surface area contributed by atoms with Gasteiger partial charge in [-0.1, -0.05) is 0 Å². The molecular formula is C12H14F3NO4. The van der Waals surface area contributed by atoms with E-state index < -0.39 is 36.3 Å². The van der Waals surface area contributed by atoms with E-state index in [2.05, 4.69) is 9.72 Å². The second kappa shape index (κ2) is 6.67. The molecule has 0 saturated carbocycles. The van der Waals surface area contributed by atoms with Gasteiger partial charge in [0.2, 0.25) is 0 Å². The summed E-state index contributed by atoms with van der Waals surface area (Å²) in [5, 5.41) is 19.3. The Morgan fingerprint density at radius 1 is 1.45 bits per heavy atom. The molecular weight excluding hydrogens is 279 g/mol. The number of pyridine rings is 1. The van der Waals surface area contributed by atoms with Crippen LogP contribution in [-0.2, 0) is 15.7 Å². The van der Waals surface area contributed by atoms with Gasteiger partial charge >= 0.3 is 12.1 Å². The first-order chi connectivity index (χ1) is 9.25. The smallest absolute Gasteiger partial charge is 0.416 e. The van der Waals surface area contributed by atoms with Gasteiger partial charge < -0.3 is 14.9 Å². The van der Waals surface area contributed by atoms with Crippen molar-refractivity contribution in [3.63, 3.8) is 0 Å². The van der Waals surface area contributed by atoms with Crippen LogP contribution >= 0.6 is 0 Å². The van der Waals surface area contributed by atoms with Crippen LogP contribution in [-0.4, -0.2) is 33.9 Å². The van der Waals surface area contributed by atoms with E-state index in [1.807, 2.05) is 0 Å². The van der Waals surface area contributed by atoms with Gasteiger partial charge in [-0.2, -0.15) is 13.2 Å². The third-order valence-electron chi connectivity index (χ3n) is 2.46. The molecule has 0 radical (unpaired) electrons. The van der Waals surface area contributed by atoms with E-state index in [1.165, 1.54) is 0 Å². The lowest BCUT2D eigenvalue weighted by Crippen LogP contribution is -2.24. The molecule has 2 N–H and O–H groups in total.